The molecule has 1 heterocycles. The van der Waals surface area contributed by atoms with Gasteiger partial charge in [-0.25, -0.2) is 0 Å². The molecule has 0 aliphatic carbocycles. The largest absolute Gasteiger partial charge is 0.489 e. The van der Waals surface area contributed by atoms with E-state index in [0.29, 0.717) is 6.61 Å². The SMILES string of the molecule is CC(C)(C)c1ccc(OCc2csc3ccccc23)cc1. The number of hydrogen-bond acceptors (Lipinski definition) is 2. The van der Waals surface area contributed by atoms with Gasteiger partial charge < -0.3 is 4.74 Å². The Balaban J connectivity index is 1.73. The molecule has 1 nitrogen and oxygen atoms in total. The van der Waals surface area contributed by atoms with Gasteiger partial charge in [0, 0.05) is 10.3 Å². The lowest BCUT2D eigenvalue weighted by Gasteiger charge is -2.19. The zero-order valence-corrected chi connectivity index (χ0v) is 13.5. The summed E-state index contributed by atoms with van der Waals surface area (Å²) in [6.07, 6.45) is 0. The van der Waals surface area contributed by atoms with Crippen molar-refractivity contribution < 1.29 is 4.74 Å². The summed E-state index contributed by atoms with van der Waals surface area (Å²) in [6, 6.07) is 16.9. The minimum absolute atomic E-state index is 0.183. The third kappa shape index (κ3) is 3.11. The minimum atomic E-state index is 0.183. The van der Waals surface area contributed by atoms with Crippen molar-refractivity contribution in [3.63, 3.8) is 0 Å². The van der Waals surface area contributed by atoms with Gasteiger partial charge in [0.05, 0.1) is 0 Å². The zero-order chi connectivity index (χ0) is 14.9. The van der Waals surface area contributed by atoms with Gasteiger partial charge in [-0.15, -0.1) is 11.3 Å². The van der Waals surface area contributed by atoms with Crippen LogP contribution in [-0.4, -0.2) is 0 Å². The Kier molecular flexibility index (Phi) is 3.73. The first-order chi connectivity index (χ1) is 10.0. The summed E-state index contributed by atoms with van der Waals surface area (Å²) >= 11 is 1.77. The van der Waals surface area contributed by atoms with Crippen LogP contribution < -0.4 is 4.74 Å². The lowest BCUT2D eigenvalue weighted by atomic mass is 9.87. The number of thiophene rings is 1. The first-order valence-corrected chi connectivity index (χ1v) is 8.10. The summed E-state index contributed by atoms with van der Waals surface area (Å²) in [7, 11) is 0. The second-order valence-corrected chi connectivity index (χ2v) is 7.23. The van der Waals surface area contributed by atoms with Crippen LogP contribution in [0, 0.1) is 0 Å². The predicted molar refractivity (Wildman–Crippen MR) is 91.3 cm³/mol. The normalized spacial score (nSPS) is 11.8. The van der Waals surface area contributed by atoms with Gasteiger partial charge in [-0.1, -0.05) is 51.1 Å². The Morgan fingerprint density at radius 3 is 2.38 bits per heavy atom. The zero-order valence-electron chi connectivity index (χ0n) is 12.7. The molecule has 3 aromatic rings. The molecule has 0 saturated carbocycles. The van der Waals surface area contributed by atoms with Gasteiger partial charge >= 0.3 is 0 Å². The second kappa shape index (κ2) is 5.53. The summed E-state index contributed by atoms with van der Waals surface area (Å²) in [6.45, 7) is 7.29. The molecule has 3 rings (SSSR count). The van der Waals surface area contributed by atoms with Crippen LogP contribution >= 0.6 is 11.3 Å². The topological polar surface area (TPSA) is 9.23 Å². The molecule has 0 atom stereocenters. The van der Waals surface area contributed by atoms with Gasteiger partial charge in [0.2, 0.25) is 0 Å². The second-order valence-electron chi connectivity index (χ2n) is 6.32. The molecule has 2 aromatic carbocycles. The standard InChI is InChI=1S/C19H20OS/c1-19(2,3)15-8-10-16(11-9-15)20-12-14-13-21-18-7-5-4-6-17(14)18/h4-11,13H,12H2,1-3H3. The highest BCUT2D eigenvalue weighted by atomic mass is 32.1. The van der Waals surface area contributed by atoms with Crippen molar-refractivity contribution in [1.82, 2.24) is 0 Å². The average Bonchev–Trinajstić information content (AvgIpc) is 2.88. The summed E-state index contributed by atoms with van der Waals surface area (Å²) < 4.78 is 7.25. The summed E-state index contributed by atoms with van der Waals surface area (Å²) in [5.74, 6) is 0.929. The molecule has 0 radical (unpaired) electrons. The van der Waals surface area contributed by atoms with Crippen LogP contribution in [0.2, 0.25) is 0 Å². The van der Waals surface area contributed by atoms with E-state index < -0.39 is 0 Å². The molecule has 0 saturated heterocycles. The molecule has 0 fully saturated rings. The number of benzene rings is 2. The average molecular weight is 296 g/mol. The fourth-order valence-corrected chi connectivity index (χ4v) is 3.30. The maximum absolute atomic E-state index is 5.93. The van der Waals surface area contributed by atoms with Crippen molar-refractivity contribution in [2.75, 3.05) is 0 Å². The highest BCUT2D eigenvalue weighted by molar-refractivity contribution is 7.17. The van der Waals surface area contributed by atoms with Crippen molar-refractivity contribution in [3.05, 3.63) is 65.0 Å². The van der Waals surface area contributed by atoms with Gasteiger partial charge in [-0.3, -0.25) is 0 Å². The molecule has 0 bridgehead atoms. The van der Waals surface area contributed by atoms with E-state index in [9.17, 15) is 0 Å². The fourth-order valence-electron chi connectivity index (χ4n) is 2.36. The van der Waals surface area contributed by atoms with E-state index in [1.165, 1.54) is 21.2 Å². The molecule has 1 aromatic heterocycles. The van der Waals surface area contributed by atoms with Crippen LogP contribution in [0.4, 0.5) is 0 Å². The quantitative estimate of drug-likeness (QED) is 0.595. The highest BCUT2D eigenvalue weighted by Crippen LogP contribution is 2.28. The smallest absolute Gasteiger partial charge is 0.119 e. The summed E-state index contributed by atoms with van der Waals surface area (Å²) in [5, 5.41) is 3.49. The Bertz CT molecular complexity index is 732. The van der Waals surface area contributed by atoms with Crippen LogP contribution in [-0.2, 0) is 12.0 Å². The van der Waals surface area contributed by atoms with E-state index in [0.717, 1.165) is 5.75 Å². The highest BCUT2D eigenvalue weighted by Gasteiger charge is 2.13. The summed E-state index contributed by atoms with van der Waals surface area (Å²) in [5.41, 5.74) is 2.77. The van der Waals surface area contributed by atoms with Crippen LogP contribution in [0.1, 0.15) is 31.9 Å². The van der Waals surface area contributed by atoms with Crippen molar-refractivity contribution in [3.8, 4) is 5.75 Å². The Hall–Kier alpha value is -1.80. The van der Waals surface area contributed by atoms with Gasteiger partial charge in [0.1, 0.15) is 12.4 Å². The fraction of sp³-hybridized carbons (Fsp3) is 0.263. The molecule has 0 unspecified atom stereocenters. The number of hydrogen-bond donors (Lipinski definition) is 0. The van der Waals surface area contributed by atoms with Gasteiger partial charge in [0.15, 0.2) is 0 Å². The van der Waals surface area contributed by atoms with Crippen LogP contribution in [0.3, 0.4) is 0 Å². The number of ether oxygens (including phenoxy) is 1. The predicted octanol–water partition coefficient (Wildman–Crippen LogP) is 5.78. The van der Waals surface area contributed by atoms with Crippen molar-refractivity contribution >= 4 is 21.4 Å². The van der Waals surface area contributed by atoms with Crippen LogP contribution in [0.5, 0.6) is 5.75 Å². The lowest BCUT2D eigenvalue weighted by molar-refractivity contribution is 0.308. The van der Waals surface area contributed by atoms with Crippen LogP contribution in [0.25, 0.3) is 10.1 Å². The third-order valence-corrected chi connectivity index (χ3v) is 4.69. The maximum Gasteiger partial charge on any atom is 0.119 e. The maximum atomic E-state index is 5.93. The molecule has 0 aliphatic heterocycles. The molecule has 0 N–H and O–H groups in total. The van der Waals surface area contributed by atoms with Gasteiger partial charge in [0.25, 0.3) is 0 Å². The molecule has 2 heteroatoms. The summed E-state index contributed by atoms with van der Waals surface area (Å²) in [4.78, 5) is 0. The van der Waals surface area contributed by atoms with E-state index in [4.69, 9.17) is 4.74 Å². The third-order valence-electron chi connectivity index (χ3n) is 3.68. The van der Waals surface area contributed by atoms with E-state index in [2.05, 4.69) is 74.7 Å². The van der Waals surface area contributed by atoms with Crippen molar-refractivity contribution in [2.45, 2.75) is 32.8 Å². The lowest BCUT2D eigenvalue weighted by Crippen LogP contribution is -2.10. The molecule has 0 aliphatic rings. The molecule has 108 valence electrons. The van der Waals surface area contributed by atoms with E-state index in [1.54, 1.807) is 11.3 Å². The van der Waals surface area contributed by atoms with E-state index in [-0.39, 0.29) is 5.41 Å². The van der Waals surface area contributed by atoms with E-state index >= 15 is 0 Å². The molecular formula is C19H20OS. The monoisotopic (exact) mass is 296 g/mol. The van der Waals surface area contributed by atoms with Crippen molar-refractivity contribution in [1.29, 1.82) is 0 Å². The molecule has 0 spiro atoms. The van der Waals surface area contributed by atoms with Crippen molar-refractivity contribution in [2.24, 2.45) is 0 Å². The molecule has 0 amide bonds. The number of fused-ring (bicyclic) bond motifs is 1. The molecule has 21 heavy (non-hydrogen) atoms. The Morgan fingerprint density at radius 1 is 0.952 bits per heavy atom. The molecular weight excluding hydrogens is 276 g/mol. The Labute approximate surface area is 130 Å². The minimum Gasteiger partial charge on any atom is -0.489 e. The first kappa shape index (κ1) is 14.2. The van der Waals surface area contributed by atoms with Gasteiger partial charge in [-0.2, -0.15) is 0 Å². The Morgan fingerprint density at radius 2 is 1.67 bits per heavy atom. The van der Waals surface area contributed by atoms with E-state index in [1.807, 2.05) is 0 Å². The van der Waals surface area contributed by atoms with Gasteiger partial charge in [-0.05, 0) is 39.9 Å². The first-order valence-electron chi connectivity index (χ1n) is 7.22. The number of rotatable bonds is 3. The van der Waals surface area contributed by atoms with Crippen LogP contribution in [0.15, 0.2) is 53.9 Å².